The fourth-order valence-corrected chi connectivity index (χ4v) is 4.90. The van der Waals surface area contributed by atoms with Crippen molar-refractivity contribution in [3.8, 4) is 0 Å². The minimum absolute atomic E-state index is 0.0851. The summed E-state index contributed by atoms with van der Waals surface area (Å²) in [6.45, 7) is 11.5. The van der Waals surface area contributed by atoms with Gasteiger partial charge in [0.25, 0.3) is 5.91 Å². The number of thiocarbonyl (C=S) groups is 4. The molecule has 0 bridgehead atoms. The number of carbonyl (C=O) groups excluding carboxylic acids is 3. The van der Waals surface area contributed by atoms with E-state index in [1.807, 2.05) is 20.1 Å². The molecule has 0 fully saturated rings. The predicted molar refractivity (Wildman–Crippen MR) is 181 cm³/mol. The van der Waals surface area contributed by atoms with Crippen LogP contribution in [-0.2, 0) is 19.2 Å². The van der Waals surface area contributed by atoms with Crippen LogP contribution in [0.5, 0.6) is 0 Å². The van der Waals surface area contributed by atoms with Gasteiger partial charge in [-0.05, 0) is 52.0 Å². The number of aliphatic carboxylic acids is 1. The second-order valence-corrected chi connectivity index (χ2v) is 12.6. The van der Waals surface area contributed by atoms with Crippen LogP contribution >= 0.6 is 60.6 Å². The molecule has 0 saturated carbocycles. The van der Waals surface area contributed by atoms with E-state index < -0.39 is 53.9 Å². The molecule has 7 N–H and O–H groups in total. The summed E-state index contributed by atoms with van der Waals surface area (Å²) in [6.07, 6.45) is 2.56. The Hall–Kier alpha value is -2.01. The average molecular weight is 667 g/mol. The average Bonchev–Trinajstić information content (AvgIpc) is 2.88. The molecule has 0 aliphatic carbocycles. The van der Waals surface area contributed by atoms with Crippen LogP contribution in [0, 0.1) is 5.92 Å². The van der Waals surface area contributed by atoms with Gasteiger partial charge < -0.3 is 37.0 Å². The van der Waals surface area contributed by atoms with E-state index in [-0.39, 0.29) is 16.8 Å². The summed E-state index contributed by atoms with van der Waals surface area (Å²) in [5.74, 6) is -2.04. The van der Waals surface area contributed by atoms with Crippen LogP contribution in [0.1, 0.15) is 54.9 Å². The number of hydrogen-bond acceptors (Lipinski definition) is 9. The summed E-state index contributed by atoms with van der Waals surface area (Å²) < 4.78 is 0. The first-order valence-corrected chi connectivity index (χ1v) is 16.0. The highest BCUT2D eigenvalue weighted by atomic mass is 32.2. The van der Waals surface area contributed by atoms with E-state index in [1.54, 1.807) is 32.5 Å². The van der Waals surface area contributed by atoms with Crippen LogP contribution in [0.4, 0.5) is 0 Å². The lowest BCUT2D eigenvalue weighted by Crippen LogP contribution is -2.58. The predicted octanol–water partition coefficient (Wildman–Crippen LogP) is 1.26. The van der Waals surface area contributed by atoms with Crippen LogP contribution in [-0.4, -0.2) is 96.9 Å². The molecule has 6 unspecified atom stereocenters. The fraction of sp³-hybridized carbons (Fsp3) is 0.680. The quantitative estimate of drug-likeness (QED) is 0.0878. The Morgan fingerprint density at radius 3 is 1.63 bits per heavy atom. The van der Waals surface area contributed by atoms with Crippen molar-refractivity contribution in [3.05, 3.63) is 0 Å². The molecule has 0 aliphatic rings. The smallest absolute Gasteiger partial charge is 0.325 e. The van der Waals surface area contributed by atoms with Gasteiger partial charge in [0.2, 0.25) is 11.7 Å². The molecule has 41 heavy (non-hydrogen) atoms. The molecule has 0 aliphatic heterocycles. The van der Waals surface area contributed by atoms with E-state index in [2.05, 4.69) is 31.9 Å². The van der Waals surface area contributed by atoms with E-state index in [4.69, 9.17) is 54.0 Å². The Kier molecular flexibility index (Phi) is 18.3. The molecule has 2 amide bonds. The first kappa shape index (κ1) is 39.0. The van der Waals surface area contributed by atoms with Gasteiger partial charge in [-0.15, -0.1) is 0 Å². The van der Waals surface area contributed by atoms with Gasteiger partial charge in [-0.1, -0.05) is 62.7 Å². The van der Waals surface area contributed by atoms with Crippen molar-refractivity contribution in [2.45, 2.75) is 91.1 Å². The molecule has 11 nitrogen and oxygen atoms in total. The summed E-state index contributed by atoms with van der Waals surface area (Å²) in [5, 5.41) is 26.5. The number of rotatable bonds is 17. The van der Waals surface area contributed by atoms with Crippen molar-refractivity contribution in [2.75, 3.05) is 12.0 Å². The third-order valence-electron chi connectivity index (χ3n) is 5.78. The zero-order valence-electron chi connectivity index (χ0n) is 24.6. The van der Waals surface area contributed by atoms with Gasteiger partial charge >= 0.3 is 5.97 Å². The maximum Gasteiger partial charge on any atom is 0.325 e. The zero-order valence-corrected chi connectivity index (χ0v) is 28.7. The number of nitrogens with one attached hydrogen (secondary N) is 6. The van der Waals surface area contributed by atoms with Crippen molar-refractivity contribution >= 4 is 104 Å². The van der Waals surface area contributed by atoms with E-state index >= 15 is 0 Å². The molecule has 0 aromatic rings. The van der Waals surface area contributed by atoms with E-state index in [0.717, 1.165) is 5.75 Å². The molecule has 0 spiro atoms. The fourth-order valence-electron chi connectivity index (χ4n) is 3.13. The largest absolute Gasteiger partial charge is 0.480 e. The maximum atomic E-state index is 12.9. The lowest BCUT2D eigenvalue weighted by molar-refractivity contribution is -0.138. The van der Waals surface area contributed by atoms with Crippen LogP contribution < -0.4 is 31.9 Å². The van der Waals surface area contributed by atoms with Gasteiger partial charge in [-0.3, -0.25) is 19.2 Å². The summed E-state index contributed by atoms with van der Waals surface area (Å²) in [4.78, 5) is 48.7. The Morgan fingerprint density at radius 1 is 0.683 bits per heavy atom. The van der Waals surface area contributed by atoms with Crippen molar-refractivity contribution in [1.29, 1.82) is 0 Å². The Morgan fingerprint density at radius 2 is 1.17 bits per heavy atom. The van der Waals surface area contributed by atoms with Gasteiger partial charge in [-0.2, -0.15) is 11.8 Å². The highest BCUT2D eigenvalue weighted by Gasteiger charge is 2.27. The van der Waals surface area contributed by atoms with Crippen LogP contribution in [0.2, 0.25) is 0 Å². The standard InChI is InChI=1S/C25H42N6O5S5/c1-11(2)18(31-20(34)16(7)32)24(40)30-17(9-10-41-8)23(39)27-12(3)19(33)26-13(4)21(37)28-14(5)22(38)29-15(6)25(35)36/h11-15,17-18H,9-10H2,1-8H3,(H,26,33)(H,27,39)(H,28,37)(H,29,38)(H,30,40)(H,31,34)(H,35,36). The topological polar surface area (TPSA) is 161 Å². The Bertz CT molecular complexity index is 1010. The van der Waals surface area contributed by atoms with Crippen molar-refractivity contribution < 1.29 is 24.3 Å². The number of thioether (sulfide) groups is 1. The van der Waals surface area contributed by atoms with Crippen LogP contribution in [0.15, 0.2) is 0 Å². The van der Waals surface area contributed by atoms with Crippen molar-refractivity contribution in [2.24, 2.45) is 5.92 Å². The summed E-state index contributed by atoms with van der Waals surface area (Å²) >= 11 is 23.5. The van der Waals surface area contributed by atoms with Gasteiger partial charge in [0.1, 0.15) is 12.1 Å². The molecule has 0 aromatic heterocycles. The monoisotopic (exact) mass is 666 g/mol. The minimum Gasteiger partial charge on any atom is -0.480 e. The molecule has 0 saturated heterocycles. The number of Topliss-reactive ketones (excluding diaryl/α,β-unsaturated/α-hetero) is 1. The lowest BCUT2D eigenvalue weighted by atomic mass is 10.0. The third-order valence-corrected chi connectivity index (χ3v) is 8.15. The maximum absolute atomic E-state index is 12.9. The number of ketones is 1. The van der Waals surface area contributed by atoms with Gasteiger partial charge in [0.05, 0.1) is 44.1 Å². The molecule has 232 valence electrons. The molecule has 16 heteroatoms. The number of amides is 2. The third kappa shape index (κ3) is 14.6. The van der Waals surface area contributed by atoms with Gasteiger partial charge in [0.15, 0.2) is 0 Å². The molecular formula is C25H42N6O5S5. The van der Waals surface area contributed by atoms with Crippen LogP contribution in [0.3, 0.4) is 0 Å². The van der Waals surface area contributed by atoms with Gasteiger partial charge in [-0.25, -0.2) is 0 Å². The van der Waals surface area contributed by atoms with Crippen molar-refractivity contribution in [1.82, 2.24) is 31.9 Å². The highest BCUT2D eigenvalue weighted by molar-refractivity contribution is 7.98. The van der Waals surface area contributed by atoms with Crippen molar-refractivity contribution in [3.63, 3.8) is 0 Å². The minimum atomic E-state index is -1.03. The molecule has 0 heterocycles. The Labute approximate surface area is 268 Å². The zero-order chi connectivity index (χ0) is 32.0. The second kappa shape index (κ2) is 19.2. The van der Waals surface area contributed by atoms with E-state index in [0.29, 0.717) is 21.4 Å². The SMILES string of the molecule is CSCCC(NC(=S)C(NC(=O)C(C)=O)C(C)C)C(=S)NC(C)C(=O)NC(C)C(=S)NC(C)C(=S)NC(C)C(=O)O. The second-order valence-electron chi connectivity index (χ2n) is 9.85. The number of hydrogen-bond donors (Lipinski definition) is 7. The Balaban J connectivity index is 5.23. The number of carboxylic acids is 1. The lowest BCUT2D eigenvalue weighted by Gasteiger charge is -2.29. The first-order valence-electron chi connectivity index (χ1n) is 13.0. The summed E-state index contributed by atoms with van der Waals surface area (Å²) in [5.41, 5.74) is 0. The number of carbonyl (C=O) groups is 4. The van der Waals surface area contributed by atoms with E-state index in [1.165, 1.54) is 13.8 Å². The van der Waals surface area contributed by atoms with E-state index in [9.17, 15) is 19.2 Å². The van der Waals surface area contributed by atoms with Gasteiger partial charge in [0, 0.05) is 6.92 Å². The first-order chi connectivity index (χ1) is 18.9. The summed E-state index contributed by atoms with van der Waals surface area (Å²) in [7, 11) is 0. The highest BCUT2D eigenvalue weighted by Crippen LogP contribution is 2.08. The molecular weight excluding hydrogens is 625 g/mol. The van der Waals surface area contributed by atoms with Crippen LogP contribution in [0.25, 0.3) is 0 Å². The summed E-state index contributed by atoms with van der Waals surface area (Å²) in [6, 6.07) is -3.56. The molecule has 0 rings (SSSR count). The molecule has 0 radical (unpaired) electrons. The normalized spacial score (nSPS) is 15.1. The number of carboxylic acid groups (broad SMARTS) is 1. The molecule has 0 aromatic carbocycles. The molecule has 6 atom stereocenters.